The van der Waals surface area contributed by atoms with Crippen LogP contribution in [0.2, 0.25) is 0 Å². The second-order valence-corrected chi connectivity index (χ2v) is 5.00. The quantitative estimate of drug-likeness (QED) is 0.735. The van der Waals surface area contributed by atoms with E-state index in [9.17, 15) is 0 Å². The third-order valence-corrected chi connectivity index (χ3v) is 3.54. The fourth-order valence-electron chi connectivity index (χ4n) is 2.36. The summed E-state index contributed by atoms with van der Waals surface area (Å²) >= 11 is 0. The predicted molar refractivity (Wildman–Crippen MR) is 87.1 cm³/mol. The second-order valence-electron chi connectivity index (χ2n) is 5.00. The summed E-state index contributed by atoms with van der Waals surface area (Å²) < 4.78 is 13.2. The average molecular weight is 297 g/mol. The number of fused-ring (bicyclic) bond motifs is 1. The zero-order chi connectivity index (χ0) is 15.5. The maximum absolute atomic E-state index is 5.96. The summed E-state index contributed by atoms with van der Waals surface area (Å²) in [4.78, 5) is 4.56. The Hall–Kier alpha value is -2.69. The molecule has 1 aromatic heterocycles. The van der Waals surface area contributed by atoms with Crippen molar-refractivity contribution >= 4 is 16.7 Å². The number of imidazole rings is 1. The lowest BCUT2D eigenvalue weighted by molar-refractivity contribution is 0.291. The van der Waals surface area contributed by atoms with Crippen molar-refractivity contribution in [2.24, 2.45) is 7.05 Å². The molecule has 0 aliphatic rings. The highest BCUT2D eigenvalue weighted by molar-refractivity contribution is 5.87. The van der Waals surface area contributed by atoms with Crippen molar-refractivity contribution in [2.75, 3.05) is 12.3 Å². The fraction of sp³-hybridized carbons (Fsp3) is 0.235. The molecule has 1 heterocycles. The van der Waals surface area contributed by atoms with Gasteiger partial charge in [0, 0.05) is 7.05 Å². The number of anilines is 1. The minimum absolute atomic E-state index is 0.388. The standard InChI is InChI=1S/C17H19N3O2/c1-3-21-12-7-9-13(10-8-12)22-11-16-19-17-14(18)5-4-6-15(17)20(16)2/h4-10H,3,11,18H2,1-2H3. The number of hydrogen-bond donors (Lipinski definition) is 1. The molecule has 5 heteroatoms. The summed E-state index contributed by atoms with van der Waals surface area (Å²) in [5.74, 6) is 2.45. The first-order valence-electron chi connectivity index (χ1n) is 7.24. The Bertz CT molecular complexity index is 778. The second kappa shape index (κ2) is 5.97. The van der Waals surface area contributed by atoms with E-state index < -0.39 is 0 Å². The van der Waals surface area contributed by atoms with E-state index in [1.54, 1.807) is 0 Å². The molecule has 0 aliphatic carbocycles. The van der Waals surface area contributed by atoms with Gasteiger partial charge in [-0.15, -0.1) is 0 Å². The van der Waals surface area contributed by atoms with Crippen LogP contribution < -0.4 is 15.2 Å². The van der Waals surface area contributed by atoms with Crippen molar-refractivity contribution in [3.63, 3.8) is 0 Å². The molecule has 0 saturated heterocycles. The summed E-state index contributed by atoms with van der Waals surface area (Å²) in [6, 6.07) is 13.4. The summed E-state index contributed by atoms with van der Waals surface area (Å²) in [6.07, 6.45) is 0. The van der Waals surface area contributed by atoms with Crippen molar-refractivity contribution in [3.8, 4) is 11.5 Å². The summed E-state index contributed by atoms with van der Waals surface area (Å²) in [5.41, 5.74) is 8.46. The lowest BCUT2D eigenvalue weighted by Gasteiger charge is -2.07. The Morgan fingerprint density at radius 1 is 1.05 bits per heavy atom. The molecular formula is C17H19N3O2. The number of para-hydroxylation sites is 1. The molecule has 0 radical (unpaired) electrons. The summed E-state index contributed by atoms with van der Waals surface area (Å²) in [6.45, 7) is 3.00. The Balaban J connectivity index is 1.76. The smallest absolute Gasteiger partial charge is 0.147 e. The number of ether oxygens (including phenoxy) is 2. The van der Waals surface area contributed by atoms with E-state index in [4.69, 9.17) is 15.2 Å². The predicted octanol–water partition coefficient (Wildman–Crippen LogP) is 3.13. The average Bonchev–Trinajstić information content (AvgIpc) is 2.85. The van der Waals surface area contributed by atoms with Crippen LogP contribution in [0.15, 0.2) is 42.5 Å². The van der Waals surface area contributed by atoms with Gasteiger partial charge in [-0.3, -0.25) is 0 Å². The van der Waals surface area contributed by atoms with Gasteiger partial charge < -0.3 is 19.8 Å². The summed E-state index contributed by atoms with van der Waals surface area (Å²) in [5, 5.41) is 0. The normalized spacial score (nSPS) is 10.8. The first-order chi connectivity index (χ1) is 10.7. The highest BCUT2D eigenvalue weighted by atomic mass is 16.5. The van der Waals surface area contributed by atoms with E-state index in [1.165, 1.54) is 0 Å². The van der Waals surface area contributed by atoms with Gasteiger partial charge in [0.05, 0.1) is 17.8 Å². The van der Waals surface area contributed by atoms with Gasteiger partial charge in [-0.25, -0.2) is 4.98 Å². The highest BCUT2D eigenvalue weighted by Gasteiger charge is 2.10. The molecule has 2 N–H and O–H groups in total. The SMILES string of the molecule is CCOc1ccc(OCc2nc3c(N)cccc3n2C)cc1. The number of benzene rings is 2. The van der Waals surface area contributed by atoms with Gasteiger partial charge in [0.15, 0.2) is 0 Å². The van der Waals surface area contributed by atoms with Gasteiger partial charge in [0.25, 0.3) is 0 Å². The third kappa shape index (κ3) is 2.70. The molecule has 0 fully saturated rings. The molecule has 0 amide bonds. The van der Waals surface area contributed by atoms with E-state index >= 15 is 0 Å². The Morgan fingerprint density at radius 2 is 1.73 bits per heavy atom. The molecule has 0 atom stereocenters. The Morgan fingerprint density at radius 3 is 2.36 bits per heavy atom. The lowest BCUT2D eigenvalue weighted by Crippen LogP contribution is -2.03. The Kier molecular flexibility index (Phi) is 3.87. The molecule has 114 valence electrons. The third-order valence-electron chi connectivity index (χ3n) is 3.54. The number of nitrogen functional groups attached to an aromatic ring is 1. The van der Waals surface area contributed by atoms with E-state index in [0.29, 0.717) is 18.9 Å². The lowest BCUT2D eigenvalue weighted by atomic mass is 10.3. The van der Waals surface area contributed by atoms with Gasteiger partial charge in [0.2, 0.25) is 0 Å². The first-order valence-corrected chi connectivity index (χ1v) is 7.24. The highest BCUT2D eigenvalue weighted by Crippen LogP contribution is 2.22. The molecule has 0 aliphatic heterocycles. The van der Waals surface area contributed by atoms with Crippen molar-refractivity contribution in [2.45, 2.75) is 13.5 Å². The first kappa shape index (κ1) is 14.3. The van der Waals surface area contributed by atoms with Crippen molar-refractivity contribution in [1.82, 2.24) is 9.55 Å². The van der Waals surface area contributed by atoms with E-state index in [1.807, 2.05) is 61.0 Å². The van der Waals surface area contributed by atoms with Crippen molar-refractivity contribution < 1.29 is 9.47 Å². The van der Waals surface area contributed by atoms with Crippen LogP contribution in [0.3, 0.4) is 0 Å². The largest absolute Gasteiger partial charge is 0.494 e. The molecule has 5 nitrogen and oxygen atoms in total. The molecule has 0 unspecified atom stereocenters. The molecule has 2 aromatic carbocycles. The minimum atomic E-state index is 0.388. The van der Waals surface area contributed by atoms with E-state index in [0.717, 1.165) is 28.4 Å². The van der Waals surface area contributed by atoms with Crippen LogP contribution in [0.25, 0.3) is 11.0 Å². The fourth-order valence-corrected chi connectivity index (χ4v) is 2.36. The van der Waals surface area contributed by atoms with Crippen LogP contribution >= 0.6 is 0 Å². The molecular weight excluding hydrogens is 278 g/mol. The van der Waals surface area contributed by atoms with Gasteiger partial charge in [0.1, 0.15) is 29.4 Å². The Labute approximate surface area is 129 Å². The minimum Gasteiger partial charge on any atom is -0.494 e. The molecule has 3 rings (SSSR count). The molecule has 3 aromatic rings. The monoisotopic (exact) mass is 297 g/mol. The molecule has 0 saturated carbocycles. The maximum Gasteiger partial charge on any atom is 0.147 e. The number of hydrogen-bond acceptors (Lipinski definition) is 4. The molecule has 22 heavy (non-hydrogen) atoms. The van der Waals surface area contributed by atoms with Crippen LogP contribution in [-0.2, 0) is 13.7 Å². The molecule has 0 spiro atoms. The van der Waals surface area contributed by atoms with Gasteiger partial charge >= 0.3 is 0 Å². The van der Waals surface area contributed by atoms with Crippen molar-refractivity contribution in [3.05, 3.63) is 48.3 Å². The number of aryl methyl sites for hydroxylation is 1. The molecule has 0 bridgehead atoms. The number of nitrogens with two attached hydrogens (primary N) is 1. The van der Waals surface area contributed by atoms with Crippen LogP contribution in [0.4, 0.5) is 5.69 Å². The van der Waals surface area contributed by atoms with Gasteiger partial charge in [-0.2, -0.15) is 0 Å². The van der Waals surface area contributed by atoms with Gasteiger partial charge in [-0.05, 0) is 43.3 Å². The van der Waals surface area contributed by atoms with Gasteiger partial charge in [-0.1, -0.05) is 6.07 Å². The van der Waals surface area contributed by atoms with Crippen LogP contribution in [-0.4, -0.2) is 16.2 Å². The topological polar surface area (TPSA) is 62.3 Å². The summed E-state index contributed by atoms with van der Waals surface area (Å²) in [7, 11) is 1.96. The van der Waals surface area contributed by atoms with Crippen LogP contribution in [0.1, 0.15) is 12.7 Å². The van der Waals surface area contributed by atoms with Crippen LogP contribution in [0, 0.1) is 0 Å². The number of nitrogens with zero attached hydrogens (tertiary/aromatic N) is 2. The zero-order valence-corrected chi connectivity index (χ0v) is 12.7. The van der Waals surface area contributed by atoms with E-state index in [2.05, 4.69) is 4.98 Å². The van der Waals surface area contributed by atoms with Crippen molar-refractivity contribution in [1.29, 1.82) is 0 Å². The van der Waals surface area contributed by atoms with E-state index in [-0.39, 0.29) is 0 Å². The maximum atomic E-state index is 5.96. The zero-order valence-electron chi connectivity index (χ0n) is 12.7. The number of rotatable bonds is 5. The number of aromatic nitrogens is 2. The van der Waals surface area contributed by atoms with Crippen LogP contribution in [0.5, 0.6) is 11.5 Å².